The molecule has 0 unspecified atom stereocenters. The minimum absolute atomic E-state index is 0.0442. The predicted molar refractivity (Wildman–Crippen MR) is 92.3 cm³/mol. The van der Waals surface area contributed by atoms with E-state index in [2.05, 4.69) is 29.1 Å². The van der Waals surface area contributed by atoms with E-state index in [9.17, 15) is 4.79 Å². The summed E-state index contributed by atoms with van der Waals surface area (Å²) in [6.07, 6.45) is 7.03. The number of amides is 1. The molecule has 5 heteroatoms. The zero-order valence-electron chi connectivity index (χ0n) is 13.8. The van der Waals surface area contributed by atoms with E-state index in [-0.39, 0.29) is 5.91 Å². The Hall–Kier alpha value is -2.43. The topological polar surface area (TPSA) is 58.1 Å². The molecule has 0 aliphatic heterocycles. The van der Waals surface area contributed by atoms with E-state index in [4.69, 9.17) is 0 Å². The number of nitrogens with zero attached hydrogens (tertiary/aromatic N) is 3. The van der Waals surface area contributed by atoms with Crippen LogP contribution in [0, 0.1) is 0 Å². The summed E-state index contributed by atoms with van der Waals surface area (Å²) in [4.78, 5) is 22.9. The quantitative estimate of drug-likeness (QED) is 0.812. The van der Waals surface area contributed by atoms with Gasteiger partial charge in [0.25, 0.3) is 5.91 Å². The first kappa shape index (κ1) is 16.9. The largest absolute Gasteiger partial charge is 0.378 e. The molecule has 0 bridgehead atoms. The fourth-order valence-electron chi connectivity index (χ4n) is 2.39. The second-order valence-electron chi connectivity index (χ2n) is 5.43. The van der Waals surface area contributed by atoms with E-state index in [0.717, 1.165) is 37.3 Å². The number of nitrogens with one attached hydrogen (secondary N) is 1. The van der Waals surface area contributed by atoms with Gasteiger partial charge in [-0.1, -0.05) is 19.9 Å². The van der Waals surface area contributed by atoms with Crippen LogP contribution in [0.25, 0.3) is 0 Å². The lowest BCUT2D eigenvalue weighted by molar-refractivity contribution is 0.0755. The van der Waals surface area contributed by atoms with Gasteiger partial charge in [0.2, 0.25) is 0 Å². The van der Waals surface area contributed by atoms with Gasteiger partial charge in [0.05, 0.1) is 23.5 Å². The predicted octanol–water partition coefficient (Wildman–Crippen LogP) is 3.35. The second kappa shape index (κ2) is 8.88. The maximum atomic E-state index is 12.6. The van der Waals surface area contributed by atoms with Gasteiger partial charge in [-0.3, -0.25) is 14.8 Å². The first-order chi connectivity index (χ1) is 11.2. The lowest BCUT2D eigenvalue weighted by Crippen LogP contribution is -2.32. The van der Waals surface area contributed by atoms with Crippen LogP contribution in [0.1, 0.15) is 42.7 Å². The molecule has 1 N–H and O–H groups in total. The Kier molecular flexibility index (Phi) is 6.54. The van der Waals surface area contributed by atoms with Crippen LogP contribution in [0.3, 0.4) is 0 Å². The number of carbonyl (C=O) groups excluding carboxylic acids is 1. The first-order valence-electron chi connectivity index (χ1n) is 8.12. The van der Waals surface area contributed by atoms with E-state index in [1.54, 1.807) is 18.6 Å². The fraction of sp³-hybridized carbons (Fsp3) is 0.389. The van der Waals surface area contributed by atoms with E-state index >= 15 is 0 Å². The molecular weight excluding hydrogens is 288 g/mol. The third kappa shape index (κ3) is 5.06. The van der Waals surface area contributed by atoms with Crippen molar-refractivity contribution in [3.05, 3.63) is 54.1 Å². The summed E-state index contributed by atoms with van der Waals surface area (Å²) in [6.45, 7) is 6.32. The molecule has 0 radical (unpaired) electrons. The van der Waals surface area contributed by atoms with Crippen molar-refractivity contribution >= 4 is 11.6 Å². The summed E-state index contributed by atoms with van der Waals surface area (Å²) in [7, 11) is 0. The van der Waals surface area contributed by atoms with Gasteiger partial charge in [-0.2, -0.15) is 0 Å². The zero-order valence-corrected chi connectivity index (χ0v) is 13.8. The average Bonchev–Trinajstić information content (AvgIpc) is 2.60. The lowest BCUT2D eigenvalue weighted by Gasteiger charge is -2.21. The number of pyridine rings is 2. The summed E-state index contributed by atoms with van der Waals surface area (Å²) in [5, 5.41) is 3.26. The Morgan fingerprint density at radius 2 is 1.96 bits per heavy atom. The van der Waals surface area contributed by atoms with Gasteiger partial charge in [-0.05, 0) is 31.0 Å². The summed E-state index contributed by atoms with van der Waals surface area (Å²) in [5.41, 5.74) is 2.40. The number of anilines is 1. The molecule has 122 valence electrons. The maximum absolute atomic E-state index is 12.6. The summed E-state index contributed by atoms with van der Waals surface area (Å²) in [6, 6.07) is 7.66. The average molecular weight is 312 g/mol. The SMILES string of the molecule is CCCN(CCC)C(=O)c1cncc(NCc2ccccn2)c1. The molecule has 2 rings (SSSR count). The molecule has 0 atom stereocenters. The molecule has 0 saturated heterocycles. The van der Waals surface area contributed by atoms with E-state index < -0.39 is 0 Å². The van der Waals surface area contributed by atoms with Crippen LogP contribution in [-0.2, 0) is 6.54 Å². The number of aromatic nitrogens is 2. The second-order valence-corrected chi connectivity index (χ2v) is 5.43. The molecule has 5 nitrogen and oxygen atoms in total. The van der Waals surface area contributed by atoms with Gasteiger partial charge in [-0.15, -0.1) is 0 Å². The third-order valence-corrected chi connectivity index (χ3v) is 3.46. The molecular formula is C18H24N4O. The van der Waals surface area contributed by atoms with E-state index in [1.807, 2.05) is 29.2 Å². The first-order valence-corrected chi connectivity index (χ1v) is 8.12. The number of hydrogen-bond donors (Lipinski definition) is 1. The summed E-state index contributed by atoms with van der Waals surface area (Å²) < 4.78 is 0. The zero-order chi connectivity index (χ0) is 16.5. The summed E-state index contributed by atoms with van der Waals surface area (Å²) >= 11 is 0. The van der Waals surface area contributed by atoms with Gasteiger partial charge in [0.15, 0.2) is 0 Å². The Labute approximate surface area is 137 Å². The summed E-state index contributed by atoms with van der Waals surface area (Å²) in [5.74, 6) is 0.0442. The van der Waals surface area contributed by atoms with Gasteiger partial charge in [0, 0.05) is 31.7 Å². The Bertz CT molecular complexity index is 609. The lowest BCUT2D eigenvalue weighted by atomic mass is 10.2. The highest BCUT2D eigenvalue weighted by atomic mass is 16.2. The fourth-order valence-corrected chi connectivity index (χ4v) is 2.39. The Balaban J connectivity index is 2.04. The van der Waals surface area contributed by atoms with Crippen molar-refractivity contribution in [3.8, 4) is 0 Å². The van der Waals surface area contributed by atoms with Crippen molar-refractivity contribution in [3.63, 3.8) is 0 Å². The van der Waals surface area contributed by atoms with Gasteiger partial charge in [-0.25, -0.2) is 0 Å². The van der Waals surface area contributed by atoms with Crippen LogP contribution in [0.2, 0.25) is 0 Å². The number of rotatable bonds is 8. The Morgan fingerprint density at radius 1 is 1.17 bits per heavy atom. The molecule has 0 spiro atoms. The van der Waals surface area contributed by atoms with Crippen molar-refractivity contribution in [2.45, 2.75) is 33.2 Å². The molecule has 0 aliphatic carbocycles. The van der Waals surface area contributed by atoms with Gasteiger partial charge in [0.1, 0.15) is 0 Å². The van der Waals surface area contributed by atoms with Crippen molar-refractivity contribution in [2.75, 3.05) is 18.4 Å². The van der Waals surface area contributed by atoms with Crippen LogP contribution in [0.15, 0.2) is 42.9 Å². The molecule has 23 heavy (non-hydrogen) atoms. The smallest absolute Gasteiger partial charge is 0.255 e. The highest BCUT2D eigenvalue weighted by molar-refractivity contribution is 5.94. The van der Waals surface area contributed by atoms with E-state index in [0.29, 0.717) is 12.1 Å². The molecule has 1 amide bonds. The van der Waals surface area contributed by atoms with E-state index in [1.165, 1.54) is 0 Å². The normalized spacial score (nSPS) is 10.3. The maximum Gasteiger partial charge on any atom is 0.255 e. The van der Waals surface area contributed by atoms with Crippen molar-refractivity contribution in [1.29, 1.82) is 0 Å². The molecule has 0 saturated carbocycles. The molecule has 0 aromatic carbocycles. The third-order valence-electron chi connectivity index (χ3n) is 3.46. The highest BCUT2D eigenvalue weighted by Crippen LogP contribution is 2.12. The number of carbonyl (C=O) groups is 1. The van der Waals surface area contributed by atoms with Crippen LogP contribution in [0.5, 0.6) is 0 Å². The highest BCUT2D eigenvalue weighted by Gasteiger charge is 2.14. The monoisotopic (exact) mass is 312 g/mol. The van der Waals surface area contributed by atoms with Crippen molar-refractivity contribution in [2.24, 2.45) is 0 Å². The minimum Gasteiger partial charge on any atom is -0.378 e. The van der Waals surface area contributed by atoms with Crippen LogP contribution < -0.4 is 5.32 Å². The molecule has 0 fully saturated rings. The minimum atomic E-state index is 0.0442. The van der Waals surface area contributed by atoms with Gasteiger partial charge < -0.3 is 10.2 Å². The molecule has 2 aromatic rings. The van der Waals surface area contributed by atoms with Crippen molar-refractivity contribution < 1.29 is 4.79 Å². The standard InChI is InChI=1S/C18H24N4O/c1-3-9-22(10-4-2)18(23)15-11-17(13-19-12-15)21-14-16-7-5-6-8-20-16/h5-8,11-13,21H,3-4,9-10,14H2,1-2H3. The molecule has 2 heterocycles. The number of hydrogen-bond acceptors (Lipinski definition) is 4. The van der Waals surface area contributed by atoms with Gasteiger partial charge >= 0.3 is 0 Å². The van der Waals surface area contributed by atoms with Crippen molar-refractivity contribution in [1.82, 2.24) is 14.9 Å². The molecule has 2 aromatic heterocycles. The van der Waals surface area contributed by atoms with Crippen LogP contribution in [-0.4, -0.2) is 33.9 Å². The van der Waals surface area contributed by atoms with Crippen LogP contribution in [0.4, 0.5) is 5.69 Å². The Morgan fingerprint density at radius 3 is 2.61 bits per heavy atom. The molecule has 0 aliphatic rings. The van der Waals surface area contributed by atoms with Crippen LogP contribution >= 0.6 is 0 Å².